The lowest BCUT2D eigenvalue weighted by Crippen LogP contribution is -1.93. The van der Waals surface area contributed by atoms with Crippen molar-refractivity contribution < 1.29 is 4.52 Å². The van der Waals surface area contributed by atoms with Crippen molar-refractivity contribution in [2.24, 2.45) is 5.92 Å². The zero-order valence-corrected chi connectivity index (χ0v) is 10.2. The Morgan fingerprint density at radius 1 is 1.24 bits per heavy atom. The molecule has 1 heterocycles. The number of benzene rings is 1. The van der Waals surface area contributed by atoms with Gasteiger partial charge in [0.25, 0.3) is 5.89 Å². The Balaban J connectivity index is 2.10. The minimum Gasteiger partial charge on any atom is -0.399 e. The number of anilines is 1. The molecule has 0 radical (unpaired) electrons. The normalized spacial score (nSPS) is 11.0. The highest BCUT2D eigenvalue weighted by atomic mass is 16.5. The van der Waals surface area contributed by atoms with Crippen molar-refractivity contribution in [3.05, 3.63) is 30.1 Å². The monoisotopic (exact) mass is 231 g/mol. The molecule has 4 nitrogen and oxygen atoms in total. The molecule has 0 aliphatic rings. The van der Waals surface area contributed by atoms with Crippen LogP contribution in [-0.2, 0) is 6.42 Å². The van der Waals surface area contributed by atoms with Gasteiger partial charge < -0.3 is 10.3 Å². The van der Waals surface area contributed by atoms with E-state index in [0.29, 0.717) is 11.8 Å². The summed E-state index contributed by atoms with van der Waals surface area (Å²) in [6.07, 6.45) is 1.93. The van der Waals surface area contributed by atoms with E-state index in [1.54, 1.807) is 0 Å². The Labute approximate surface area is 101 Å². The van der Waals surface area contributed by atoms with E-state index in [2.05, 4.69) is 24.0 Å². The molecule has 0 saturated carbocycles. The average molecular weight is 231 g/mol. The largest absolute Gasteiger partial charge is 0.399 e. The second kappa shape index (κ2) is 4.99. The summed E-state index contributed by atoms with van der Waals surface area (Å²) in [7, 11) is 0. The first-order chi connectivity index (χ1) is 8.15. The van der Waals surface area contributed by atoms with Crippen LogP contribution in [0.4, 0.5) is 5.69 Å². The third-order valence-corrected chi connectivity index (χ3v) is 2.57. The van der Waals surface area contributed by atoms with E-state index < -0.39 is 0 Å². The minimum atomic E-state index is 0.559. The Morgan fingerprint density at radius 3 is 2.59 bits per heavy atom. The predicted octanol–water partition coefficient (Wildman–Crippen LogP) is 2.91. The molecule has 1 aromatic heterocycles. The molecular formula is C13H17N3O. The van der Waals surface area contributed by atoms with E-state index in [1.165, 1.54) is 0 Å². The minimum absolute atomic E-state index is 0.559. The highest BCUT2D eigenvalue weighted by Crippen LogP contribution is 2.19. The van der Waals surface area contributed by atoms with Gasteiger partial charge in [0, 0.05) is 17.7 Å². The van der Waals surface area contributed by atoms with Gasteiger partial charge >= 0.3 is 0 Å². The van der Waals surface area contributed by atoms with Crippen LogP contribution in [0, 0.1) is 5.92 Å². The lowest BCUT2D eigenvalue weighted by Gasteiger charge is -1.98. The van der Waals surface area contributed by atoms with Crippen LogP contribution in [0.25, 0.3) is 11.5 Å². The van der Waals surface area contributed by atoms with E-state index in [1.807, 2.05) is 24.3 Å². The summed E-state index contributed by atoms with van der Waals surface area (Å²) in [5, 5.41) is 3.97. The highest BCUT2D eigenvalue weighted by Gasteiger charge is 2.08. The van der Waals surface area contributed by atoms with Gasteiger partial charge in [0.2, 0.25) is 0 Å². The van der Waals surface area contributed by atoms with E-state index in [0.717, 1.165) is 29.9 Å². The summed E-state index contributed by atoms with van der Waals surface area (Å²) < 4.78 is 5.22. The van der Waals surface area contributed by atoms with E-state index in [-0.39, 0.29) is 0 Å². The van der Waals surface area contributed by atoms with Crippen molar-refractivity contribution >= 4 is 5.69 Å². The number of nitrogen functional groups attached to an aromatic ring is 1. The fraction of sp³-hybridized carbons (Fsp3) is 0.385. The summed E-state index contributed by atoms with van der Waals surface area (Å²) >= 11 is 0. The lowest BCUT2D eigenvalue weighted by molar-refractivity contribution is 0.419. The summed E-state index contributed by atoms with van der Waals surface area (Å²) in [5.74, 6) is 1.97. The van der Waals surface area contributed by atoms with Crippen LogP contribution in [0.1, 0.15) is 26.1 Å². The molecule has 2 rings (SSSR count). The fourth-order valence-corrected chi connectivity index (χ4v) is 1.52. The summed E-state index contributed by atoms with van der Waals surface area (Å²) in [6.45, 7) is 4.36. The molecule has 0 unspecified atom stereocenters. The van der Waals surface area contributed by atoms with Crippen molar-refractivity contribution in [3.63, 3.8) is 0 Å². The van der Waals surface area contributed by atoms with Gasteiger partial charge in [-0.2, -0.15) is 4.98 Å². The zero-order chi connectivity index (χ0) is 12.3. The molecule has 1 aromatic carbocycles. The molecule has 4 heteroatoms. The van der Waals surface area contributed by atoms with E-state index >= 15 is 0 Å². The fourth-order valence-electron chi connectivity index (χ4n) is 1.52. The van der Waals surface area contributed by atoms with Crippen LogP contribution >= 0.6 is 0 Å². The molecule has 0 fully saturated rings. The van der Waals surface area contributed by atoms with Crippen LogP contribution in [0.5, 0.6) is 0 Å². The van der Waals surface area contributed by atoms with Crippen molar-refractivity contribution in [2.45, 2.75) is 26.7 Å². The summed E-state index contributed by atoms with van der Waals surface area (Å²) in [6, 6.07) is 7.42. The molecular weight excluding hydrogens is 214 g/mol. The quantitative estimate of drug-likeness (QED) is 0.822. The van der Waals surface area contributed by atoms with Crippen molar-refractivity contribution in [3.8, 4) is 11.5 Å². The Kier molecular flexibility index (Phi) is 3.42. The van der Waals surface area contributed by atoms with E-state index in [4.69, 9.17) is 10.3 Å². The average Bonchev–Trinajstić information content (AvgIpc) is 2.76. The number of nitrogens with two attached hydrogens (primary N) is 1. The smallest absolute Gasteiger partial charge is 0.257 e. The van der Waals surface area contributed by atoms with Gasteiger partial charge in [-0.1, -0.05) is 19.0 Å². The number of nitrogens with zero attached hydrogens (tertiary/aromatic N) is 2. The second-order valence-corrected chi connectivity index (χ2v) is 4.57. The molecule has 0 spiro atoms. The molecule has 0 atom stereocenters. The van der Waals surface area contributed by atoms with Gasteiger partial charge in [-0.05, 0) is 36.6 Å². The van der Waals surface area contributed by atoms with Gasteiger partial charge in [-0.25, -0.2) is 0 Å². The Morgan fingerprint density at radius 2 is 1.94 bits per heavy atom. The van der Waals surface area contributed by atoms with Crippen LogP contribution in [-0.4, -0.2) is 10.1 Å². The summed E-state index contributed by atoms with van der Waals surface area (Å²) in [4.78, 5) is 4.36. The number of hydrogen-bond acceptors (Lipinski definition) is 4. The van der Waals surface area contributed by atoms with Crippen molar-refractivity contribution in [1.82, 2.24) is 10.1 Å². The predicted molar refractivity (Wildman–Crippen MR) is 67.3 cm³/mol. The van der Waals surface area contributed by atoms with Crippen LogP contribution < -0.4 is 5.73 Å². The first-order valence-corrected chi connectivity index (χ1v) is 5.83. The van der Waals surface area contributed by atoms with Crippen LogP contribution in [0.15, 0.2) is 28.8 Å². The number of aromatic nitrogens is 2. The molecule has 90 valence electrons. The third kappa shape index (κ3) is 3.06. The van der Waals surface area contributed by atoms with Gasteiger partial charge in [0.1, 0.15) is 0 Å². The third-order valence-electron chi connectivity index (χ3n) is 2.57. The first-order valence-electron chi connectivity index (χ1n) is 5.83. The maximum absolute atomic E-state index is 5.62. The number of aryl methyl sites for hydroxylation is 1. The molecule has 2 N–H and O–H groups in total. The highest BCUT2D eigenvalue weighted by molar-refractivity contribution is 5.56. The Hall–Kier alpha value is -1.84. The summed E-state index contributed by atoms with van der Waals surface area (Å²) in [5.41, 5.74) is 7.26. The molecule has 0 amide bonds. The molecule has 0 bridgehead atoms. The topological polar surface area (TPSA) is 64.9 Å². The van der Waals surface area contributed by atoms with Crippen LogP contribution in [0.2, 0.25) is 0 Å². The maximum Gasteiger partial charge on any atom is 0.257 e. The second-order valence-electron chi connectivity index (χ2n) is 4.57. The SMILES string of the molecule is CC(C)CCc1noc(-c2ccc(N)cc2)n1. The van der Waals surface area contributed by atoms with Crippen molar-refractivity contribution in [1.29, 1.82) is 0 Å². The molecule has 2 aromatic rings. The Bertz CT molecular complexity index is 474. The number of hydrogen-bond donors (Lipinski definition) is 1. The van der Waals surface area contributed by atoms with Gasteiger partial charge in [0.15, 0.2) is 5.82 Å². The molecule has 0 saturated heterocycles. The zero-order valence-electron chi connectivity index (χ0n) is 10.2. The van der Waals surface area contributed by atoms with Gasteiger partial charge in [-0.15, -0.1) is 0 Å². The number of rotatable bonds is 4. The standard InChI is InChI=1S/C13H17N3O/c1-9(2)3-8-12-15-13(17-16-12)10-4-6-11(14)7-5-10/h4-7,9H,3,8,14H2,1-2H3. The van der Waals surface area contributed by atoms with Crippen molar-refractivity contribution in [2.75, 3.05) is 5.73 Å². The van der Waals surface area contributed by atoms with Gasteiger partial charge in [-0.3, -0.25) is 0 Å². The van der Waals surface area contributed by atoms with Crippen LogP contribution in [0.3, 0.4) is 0 Å². The first kappa shape index (κ1) is 11.6. The molecule has 0 aliphatic carbocycles. The lowest BCUT2D eigenvalue weighted by atomic mass is 10.1. The molecule has 17 heavy (non-hydrogen) atoms. The van der Waals surface area contributed by atoms with E-state index in [9.17, 15) is 0 Å². The maximum atomic E-state index is 5.62. The molecule has 0 aliphatic heterocycles. The van der Waals surface area contributed by atoms with Gasteiger partial charge in [0.05, 0.1) is 0 Å².